The van der Waals surface area contributed by atoms with E-state index in [9.17, 15) is 4.79 Å². The van der Waals surface area contributed by atoms with Gasteiger partial charge < -0.3 is 0 Å². The summed E-state index contributed by atoms with van der Waals surface area (Å²) < 4.78 is 0. The van der Waals surface area contributed by atoms with E-state index in [1.165, 1.54) is 0 Å². The maximum atomic E-state index is 11.8. The van der Waals surface area contributed by atoms with Gasteiger partial charge in [-0.3, -0.25) is 4.79 Å². The summed E-state index contributed by atoms with van der Waals surface area (Å²) in [5.74, 6) is 0.0318. The van der Waals surface area contributed by atoms with Gasteiger partial charge in [0.05, 0.1) is 10.7 Å². The molecule has 0 saturated heterocycles. The van der Waals surface area contributed by atoms with E-state index in [2.05, 4.69) is 15.9 Å². The zero-order chi connectivity index (χ0) is 14.6. The molecular weight excluding hydrogens is 370 g/mol. The lowest BCUT2D eigenvalue weighted by Gasteiger charge is -2.25. The molecule has 1 aromatic carbocycles. The van der Waals surface area contributed by atoms with Crippen LogP contribution in [0.15, 0.2) is 30.3 Å². The van der Waals surface area contributed by atoms with Gasteiger partial charge in [-0.25, -0.2) is 0 Å². The van der Waals surface area contributed by atoms with Gasteiger partial charge >= 0.3 is 0 Å². The van der Waals surface area contributed by atoms with Crippen molar-refractivity contribution in [2.24, 2.45) is 5.41 Å². The molecule has 0 fully saturated rings. The van der Waals surface area contributed by atoms with Crippen LogP contribution in [0.5, 0.6) is 0 Å². The van der Waals surface area contributed by atoms with Crippen molar-refractivity contribution in [1.29, 1.82) is 0 Å². The van der Waals surface area contributed by atoms with Gasteiger partial charge in [0.2, 0.25) is 0 Å². The highest BCUT2D eigenvalue weighted by atomic mass is 79.9. The SMILES string of the molecule is CC(C)(C(=O)CBr)C(Cl)/C=C(/Cl)c1ccc(Cl)cc1. The first-order valence-electron chi connectivity index (χ1n) is 5.65. The first kappa shape index (κ1) is 17.0. The van der Waals surface area contributed by atoms with E-state index in [0.29, 0.717) is 10.1 Å². The molecule has 0 amide bonds. The molecule has 5 heteroatoms. The van der Waals surface area contributed by atoms with Crippen LogP contribution in [0.3, 0.4) is 0 Å². The Labute approximate surface area is 137 Å². The Morgan fingerprint density at radius 1 is 1.37 bits per heavy atom. The van der Waals surface area contributed by atoms with Gasteiger partial charge in [-0.05, 0) is 23.8 Å². The topological polar surface area (TPSA) is 17.1 Å². The van der Waals surface area contributed by atoms with Crippen LogP contribution in [0.4, 0.5) is 0 Å². The first-order chi connectivity index (χ1) is 8.78. The second kappa shape index (κ2) is 7.12. The van der Waals surface area contributed by atoms with E-state index >= 15 is 0 Å². The van der Waals surface area contributed by atoms with Crippen molar-refractivity contribution in [3.8, 4) is 0 Å². The number of carbonyl (C=O) groups excluding carboxylic acids is 1. The van der Waals surface area contributed by atoms with Crippen molar-refractivity contribution in [3.63, 3.8) is 0 Å². The molecule has 1 aromatic rings. The van der Waals surface area contributed by atoms with Gasteiger partial charge in [0, 0.05) is 15.5 Å². The summed E-state index contributed by atoms with van der Waals surface area (Å²) in [4.78, 5) is 11.8. The van der Waals surface area contributed by atoms with E-state index in [1.807, 2.05) is 12.1 Å². The first-order valence-corrected chi connectivity index (χ1v) is 7.97. The van der Waals surface area contributed by atoms with Crippen molar-refractivity contribution in [2.45, 2.75) is 19.2 Å². The van der Waals surface area contributed by atoms with Crippen LogP contribution in [-0.4, -0.2) is 16.5 Å². The number of alkyl halides is 2. The second-order valence-electron chi connectivity index (χ2n) is 4.70. The molecule has 104 valence electrons. The Balaban J connectivity index is 2.95. The molecular formula is C14H14BrCl3O. The molecule has 0 N–H and O–H groups in total. The number of rotatable bonds is 5. The molecule has 0 radical (unpaired) electrons. The fourth-order valence-electron chi connectivity index (χ4n) is 1.37. The summed E-state index contributed by atoms with van der Waals surface area (Å²) in [5.41, 5.74) is 0.135. The molecule has 0 aliphatic heterocycles. The number of benzene rings is 1. The van der Waals surface area contributed by atoms with Crippen LogP contribution >= 0.6 is 50.7 Å². The third kappa shape index (κ3) is 4.49. The molecule has 0 aliphatic rings. The zero-order valence-electron chi connectivity index (χ0n) is 10.6. The standard InChI is InChI=1S/C14H14BrCl3O/c1-14(2,13(19)8-15)12(18)7-11(17)9-3-5-10(16)6-4-9/h3-7,12H,8H2,1-2H3/b11-7+. The lowest BCUT2D eigenvalue weighted by atomic mass is 9.84. The van der Waals surface area contributed by atoms with E-state index in [0.717, 1.165) is 5.56 Å². The highest BCUT2D eigenvalue weighted by molar-refractivity contribution is 9.09. The number of ketones is 1. The molecule has 0 heterocycles. The monoisotopic (exact) mass is 382 g/mol. The number of hydrogen-bond donors (Lipinski definition) is 0. The number of carbonyl (C=O) groups is 1. The average Bonchev–Trinajstić information content (AvgIpc) is 2.38. The number of allylic oxidation sites excluding steroid dienone is 1. The van der Waals surface area contributed by atoms with Crippen molar-refractivity contribution in [2.75, 3.05) is 5.33 Å². The fourth-order valence-corrected chi connectivity index (χ4v) is 2.78. The molecule has 1 atom stereocenters. The van der Waals surface area contributed by atoms with E-state index < -0.39 is 10.8 Å². The summed E-state index contributed by atoms with van der Waals surface area (Å²) in [7, 11) is 0. The lowest BCUT2D eigenvalue weighted by Crippen LogP contribution is -2.33. The highest BCUT2D eigenvalue weighted by Crippen LogP contribution is 2.32. The van der Waals surface area contributed by atoms with Crippen molar-refractivity contribution < 1.29 is 4.79 Å². The molecule has 1 nitrogen and oxygen atoms in total. The molecule has 0 aliphatic carbocycles. The van der Waals surface area contributed by atoms with Gasteiger partial charge in [0.25, 0.3) is 0 Å². The lowest BCUT2D eigenvalue weighted by molar-refractivity contribution is -0.123. The number of hydrogen-bond acceptors (Lipinski definition) is 1. The Bertz CT molecular complexity index is 480. The van der Waals surface area contributed by atoms with Crippen LogP contribution in [0.2, 0.25) is 5.02 Å². The zero-order valence-corrected chi connectivity index (χ0v) is 14.4. The Morgan fingerprint density at radius 3 is 2.37 bits per heavy atom. The van der Waals surface area contributed by atoms with Gasteiger partial charge in [0.1, 0.15) is 0 Å². The maximum Gasteiger partial charge on any atom is 0.150 e. The van der Waals surface area contributed by atoms with Crippen LogP contribution in [0.25, 0.3) is 5.03 Å². The summed E-state index contributed by atoms with van der Waals surface area (Å²) >= 11 is 21.5. The Hall–Kier alpha value is -0.0200. The summed E-state index contributed by atoms with van der Waals surface area (Å²) in [6, 6.07) is 7.13. The minimum absolute atomic E-state index is 0.0318. The average molecular weight is 385 g/mol. The van der Waals surface area contributed by atoms with E-state index in [-0.39, 0.29) is 11.1 Å². The summed E-state index contributed by atoms with van der Waals surface area (Å²) in [6.45, 7) is 3.60. The number of halogens is 4. The minimum Gasteiger partial charge on any atom is -0.298 e. The van der Waals surface area contributed by atoms with Crippen molar-refractivity contribution in [1.82, 2.24) is 0 Å². The van der Waals surface area contributed by atoms with Gasteiger partial charge in [-0.15, -0.1) is 11.6 Å². The summed E-state index contributed by atoms with van der Waals surface area (Å²) in [6.07, 6.45) is 1.69. The molecule has 0 aromatic heterocycles. The Kier molecular flexibility index (Phi) is 6.38. The fraction of sp³-hybridized carbons (Fsp3) is 0.357. The highest BCUT2D eigenvalue weighted by Gasteiger charge is 2.33. The van der Waals surface area contributed by atoms with Crippen LogP contribution < -0.4 is 0 Å². The third-order valence-electron chi connectivity index (χ3n) is 2.94. The van der Waals surface area contributed by atoms with Gasteiger partial charge in [-0.1, -0.05) is 65.1 Å². The van der Waals surface area contributed by atoms with Crippen LogP contribution in [0.1, 0.15) is 19.4 Å². The molecule has 1 rings (SSSR count). The molecule has 0 bridgehead atoms. The minimum atomic E-state index is -0.683. The smallest absolute Gasteiger partial charge is 0.150 e. The Morgan fingerprint density at radius 2 is 1.89 bits per heavy atom. The molecule has 19 heavy (non-hydrogen) atoms. The summed E-state index contributed by atoms with van der Waals surface area (Å²) in [5, 5.41) is 0.939. The largest absolute Gasteiger partial charge is 0.298 e. The maximum absolute atomic E-state index is 11.8. The molecule has 0 saturated carbocycles. The van der Waals surface area contributed by atoms with Crippen LogP contribution in [0, 0.1) is 5.41 Å². The van der Waals surface area contributed by atoms with Gasteiger partial charge in [0.15, 0.2) is 5.78 Å². The van der Waals surface area contributed by atoms with Crippen molar-refractivity contribution >= 4 is 61.5 Å². The molecule has 0 spiro atoms. The predicted octanol–water partition coefficient (Wildman–Crippen LogP) is 5.52. The normalized spacial score (nSPS) is 14.3. The van der Waals surface area contributed by atoms with E-state index in [1.54, 1.807) is 32.1 Å². The van der Waals surface area contributed by atoms with Crippen LogP contribution in [-0.2, 0) is 4.79 Å². The van der Waals surface area contributed by atoms with E-state index in [4.69, 9.17) is 34.8 Å². The number of Topliss-reactive ketones (excluding diaryl/α,β-unsaturated/α-hetero) is 1. The second-order valence-corrected chi connectivity index (χ2v) is 6.58. The molecule has 1 unspecified atom stereocenters. The quantitative estimate of drug-likeness (QED) is 0.611. The third-order valence-corrected chi connectivity index (χ3v) is 4.72. The van der Waals surface area contributed by atoms with Crippen molar-refractivity contribution in [3.05, 3.63) is 40.9 Å². The predicted molar refractivity (Wildman–Crippen MR) is 87.5 cm³/mol. The van der Waals surface area contributed by atoms with Gasteiger partial charge in [-0.2, -0.15) is 0 Å².